The predicted octanol–water partition coefficient (Wildman–Crippen LogP) is 4.25. The van der Waals surface area contributed by atoms with Crippen LogP contribution < -0.4 is 10.1 Å². The molecule has 118 valence electrons. The van der Waals surface area contributed by atoms with Crippen molar-refractivity contribution >= 4 is 17.5 Å². The molecule has 0 aromatic heterocycles. The van der Waals surface area contributed by atoms with Crippen LogP contribution in [0.5, 0.6) is 5.75 Å². The van der Waals surface area contributed by atoms with Crippen LogP contribution >= 0.6 is 11.6 Å². The standard InChI is InChI=1S/C17H26ClNO2/c1-4-5-12-21-15-8-6-14(7-9-15)16(20)19-13-17(2,3)10-11-18/h6-9H,4-5,10-13H2,1-3H3,(H,19,20). The van der Waals surface area contributed by atoms with Crippen LogP contribution in [-0.4, -0.2) is 24.9 Å². The number of halogens is 1. The van der Waals surface area contributed by atoms with Crippen LogP contribution in [0.2, 0.25) is 0 Å². The van der Waals surface area contributed by atoms with Crippen LogP contribution in [0.15, 0.2) is 24.3 Å². The Morgan fingerprint density at radius 3 is 2.52 bits per heavy atom. The number of ether oxygens (including phenoxy) is 1. The van der Waals surface area contributed by atoms with Crippen molar-refractivity contribution in [2.24, 2.45) is 5.41 Å². The van der Waals surface area contributed by atoms with Gasteiger partial charge in [0.15, 0.2) is 0 Å². The van der Waals surface area contributed by atoms with Gasteiger partial charge in [0, 0.05) is 18.0 Å². The van der Waals surface area contributed by atoms with E-state index in [0.717, 1.165) is 25.0 Å². The molecule has 1 aromatic rings. The van der Waals surface area contributed by atoms with E-state index in [1.807, 2.05) is 12.1 Å². The molecule has 0 aliphatic heterocycles. The second-order valence-corrected chi connectivity index (χ2v) is 6.39. The molecule has 0 radical (unpaired) electrons. The Labute approximate surface area is 133 Å². The number of benzene rings is 1. The average Bonchev–Trinajstić information content (AvgIpc) is 2.46. The third-order valence-corrected chi connectivity index (χ3v) is 3.57. The highest BCUT2D eigenvalue weighted by atomic mass is 35.5. The number of alkyl halides is 1. The highest BCUT2D eigenvalue weighted by molar-refractivity contribution is 6.17. The van der Waals surface area contributed by atoms with E-state index in [4.69, 9.17) is 16.3 Å². The van der Waals surface area contributed by atoms with Gasteiger partial charge >= 0.3 is 0 Å². The Bertz CT molecular complexity index is 429. The first-order valence-corrected chi connectivity index (χ1v) is 8.09. The number of hydrogen-bond acceptors (Lipinski definition) is 2. The molecular weight excluding hydrogens is 286 g/mol. The van der Waals surface area contributed by atoms with E-state index < -0.39 is 0 Å². The summed E-state index contributed by atoms with van der Waals surface area (Å²) in [6.07, 6.45) is 3.02. The van der Waals surface area contributed by atoms with E-state index >= 15 is 0 Å². The number of unbranched alkanes of at least 4 members (excludes halogenated alkanes) is 1. The number of nitrogens with one attached hydrogen (secondary N) is 1. The average molecular weight is 312 g/mol. The molecule has 1 aromatic carbocycles. The zero-order valence-electron chi connectivity index (χ0n) is 13.2. The zero-order chi connectivity index (χ0) is 15.7. The molecule has 3 nitrogen and oxygen atoms in total. The fraction of sp³-hybridized carbons (Fsp3) is 0.588. The van der Waals surface area contributed by atoms with E-state index in [0.29, 0.717) is 24.6 Å². The lowest BCUT2D eigenvalue weighted by Gasteiger charge is -2.23. The molecule has 0 unspecified atom stereocenters. The minimum atomic E-state index is -0.0576. The quantitative estimate of drug-likeness (QED) is 0.547. The number of rotatable bonds is 9. The van der Waals surface area contributed by atoms with Gasteiger partial charge in [-0.3, -0.25) is 4.79 Å². The number of amides is 1. The van der Waals surface area contributed by atoms with Crippen LogP contribution in [0.4, 0.5) is 0 Å². The lowest BCUT2D eigenvalue weighted by atomic mass is 9.90. The highest BCUT2D eigenvalue weighted by Gasteiger charge is 2.18. The second kappa shape index (κ2) is 8.93. The van der Waals surface area contributed by atoms with E-state index in [1.165, 1.54) is 0 Å². The predicted molar refractivity (Wildman–Crippen MR) is 88.3 cm³/mol. The fourth-order valence-corrected chi connectivity index (χ4v) is 2.31. The van der Waals surface area contributed by atoms with Gasteiger partial charge in [-0.15, -0.1) is 11.6 Å². The molecule has 0 atom stereocenters. The molecular formula is C17H26ClNO2. The first-order chi connectivity index (χ1) is 9.98. The highest BCUT2D eigenvalue weighted by Crippen LogP contribution is 2.20. The Morgan fingerprint density at radius 1 is 1.29 bits per heavy atom. The number of hydrogen-bond donors (Lipinski definition) is 1. The Hall–Kier alpha value is -1.22. The first kappa shape index (κ1) is 17.8. The summed E-state index contributed by atoms with van der Waals surface area (Å²) in [5, 5.41) is 2.96. The minimum absolute atomic E-state index is 0.0145. The van der Waals surface area contributed by atoms with Crippen molar-refractivity contribution in [1.29, 1.82) is 0 Å². The van der Waals surface area contributed by atoms with Gasteiger partial charge in [0.1, 0.15) is 5.75 Å². The molecule has 1 amide bonds. The van der Waals surface area contributed by atoms with Crippen LogP contribution in [-0.2, 0) is 0 Å². The monoisotopic (exact) mass is 311 g/mol. The van der Waals surface area contributed by atoms with Crippen molar-refractivity contribution in [2.75, 3.05) is 19.0 Å². The summed E-state index contributed by atoms with van der Waals surface area (Å²) in [5.41, 5.74) is 0.667. The summed E-state index contributed by atoms with van der Waals surface area (Å²) in [7, 11) is 0. The van der Waals surface area contributed by atoms with Crippen LogP contribution in [0, 0.1) is 5.41 Å². The summed E-state index contributed by atoms with van der Waals surface area (Å²) in [6, 6.07) is 7.28. The zero-order valence-corrected chi connectivity index (χ0v) is 14.0. The van der Waals surface area contributed by atoms with E-state index in [9.17, 15) is 4.79 Å². The van der Waals surface area contributed by atoms with Crippen molar-refractivity contribution in [3.8, 4) is 5.75 Å². The summed E-state index contributed by atoms with van der Waals surface area (Å²) < 4.78 is 5.58. The van der Waals surface area contributed by atoms with Gasteiger partial charge in [-0.05, 0) is 42.5 Å². The molecule has 4 heteroatoms. The molecule has 0 aliphatic carbocycles. The number of carbonyl (C=O) groups is 1. The van der Waals surface area contributed by atoms with Gasteiger partial charge in [0.25, 0.3) is 5.91 Å². The molecule has 0 saturated carbocycles. The Balaban J connectivity index is 2.47. The second-order valence-electron chi connectivity index (χ2n) is 6.01. The largest absolute Gasteiger partial charge is 0.494 e. The van der Waals surface area contributed by atoms with Gasteiger partial charge in [0.05, 0.1) is 6.61 Å². The molecule has 1 N–H and O–H groups in total. The van der Waals surface area contributed by atoms with E-state index in [1.54, 1.807) is 12.1 Å². The third-order valence-electron chi connectivity index (χ3n) is 3.38. The molecule has 21 heavy (non-hydrogen) atoms. The SMILES string of the molecule is CCCCOc1ccc(C(=O)NCC(C)(C)CCCl)cc1. The van der Waals surface area contributed by atoms with E-state index in [-0.39, 0.29) is 11.3 Å². The lowest BCUT2D eigenvalue weighted by molar-refractivity contribution is 0.0936. The van der Waals surface area contributed by atoms with Crippen LogP contribution in [0.25, 0.3) is 0 Å². The molecule has 0 heterocycles. The maximum absolute atomic E-state index is 12.1. The summed E-state index contributed by atoms with van der Waals surface area (Å²) in [6.45, 7) is 7.66. The summed E-state index contributed by atoms with van der Waals surface area (Å²) in [5.74, 6) is 1.35. The van der Waals surface area contributed by atoms with Crippen LogP contribution in [0.1, 0.15) is 50.4 Å². The van der Waals surface area contributed by atoms with Crippen molar-refractivity contribution < 1.29 is 9.53 Å². The van der Waals surface area contributed by atoms with Gasteiger partial charge < -0.3 is 10.1 Å². The van der Waals surface area contributed by atoms with Gasteiger partial charge in [0.2, 0.25) is 0 Å². The van der Waals surface area contributed by atoms with Crippen LogP contribution in [0.3, 0.4) is 0 Å². The smallest absolute Gasteiger partial charge is 0.251 e. The molecule has 0 aliphatic rings. The van der Waals surface area contributed by atoms with Crippen molar-refractivity contribution in [3.05, 3.63) is 29.8 Å². The van der Waals surface area contributed by atoms with Crippen molar-refractivity contribution in [1.82, 2.24) is 5.32 Å². The van der Waals surface area contributed by atoms with Crippen molar-refractivity contribution in [3.63, 3.8) is 0 Å². The maximum atomic E-state index is 12.1. The lowest BCUT2D eigenvalue weighted by Crippen LogP contribution is -2.34. The van der Waals surface area contributed by atoms with Gasteiger partial charge in [-0.1, -0.05) is 27.2 Å². The summed E-state index contributed by atoms with van der Waals surface area (Å²) in [4.78, 5) is 12.1. The fourth-order valence-electron chi connectivity index (χ4n) is 1.80. The minimum Gasteiger partial charge on any atom is -0.494 e. The van der Waals surface area contributed by atoms with E-state index in [2.05, 4.69) is 26.1 Å². The number of carbonyl (C=O) groups excluding carboxylic acids is 1. The molecule has 1 rings (SSSR count). The third kappa shape index (κ3) is 6.85. The van der Waals surface area contributed by atoms with Gasteiger partial charge in [-0.25, -0.2) is 0 Å². The maximum Gasteiger partial charge on any atom is 0.251 e. The van der Waals surface area contributed by atoms with Crippen molar-refractivity contribution in [2.45, 2.75) is 40.0 Å². The molecule has 0 saturated heterocycles. The normalized spacial score (nSPS) is 11.2. The summed E-state index contributed by atoms with van der Waals surface area (Å²) >= 11 is 5.76. The van der Waals surface area contributed by atoms with Gasteiger partial charge in [-0.2, -0.15) is 0 Å². The Kier molecular flexibility index (Phi) is 7.58. The molecule has 0 bridgehead atoms. The topological polar surface area (TPSA) is 38.3 Å². The molecule has 0 fully saturated rings. The first-order valence-electron chi connectivity index (χ1n) is 7.55. The Morgan fingerprint density at radius 2 is 1.95 bits per heavy atom. The molecule has 0 spiro atoms.